The van der Waals surface area contributed by atoms with Crippen LogP contribution in [0.5, 0.6) is 0 Å². The van der Waals surface area contributed by atoms with Gasteiger partial charge in [0.25, 0.3) is 0 Å². The number of nitrogens with zero attached hydrogens (tertiary/aromatic N) is 2. The van der Waals surface area contributed by atoms with Crippen LogP contribution >= 0.6 is 23.5 Å². The average Bonchev–Trinajstić information content (AvgIpc) is 2.94. The number of carbonyl (C=O) groups is 2. The van der Waals surface area contributed by atoms with Crippen molar-refractivity contribution in [3.8, 4) is 0 Å². The minimum Gasteiger partial charge on any atom is -0.478 e. The lowest BCUT2D eigenvalue weighted by atomic mass is 9.96. The lowest BCUT2D eigenvalue weighted by Gasteiger charge is -2.38. The standard InChI is InChI=1S/C21H26N2S2.C4H4O4/c1-15-4-6-20-16(12-15)13-19(23-10-8-22(2)9-11-23)18-14-17(24-3)5-7-21(18)25-20;5-3(6)1-2-4(7)8/h4-7,12,14,19H,8-11,13H2,1-3H3;1-2H,(H,5,6)(H,7,8)/b;2-1-. The summed E-state index contributed by atoms with van der Waals surface area (Å²) in [4.78, 5) is 28.5. The number of carboxylic acid groups (broad SMARTS) is 2. The Morgan fingerprint density at radius 1 is 1.00 bits per heavy atom. The molecule has 1 unspecified atom stereocenters. The van der Waals surface area contributed by atoms with Gasteiger partial charge in [0.15, 0.2) is 0 Å². The largest absolute Gasteiger partial charge is 0.478 e. The van der Waals surface area contributed by atoms with Crippen LogP contribution in [0.3, 0.4) is 0 Å². The lowest BCUT2D eigenvalue weighted by molar-refractivity contribution is -0.134. The van der Waals surface area contributed by atoms with Gasteiger partial charge in [-0.3, -0.25) is 4.90 Å². The zero-order valence-corrected chi connectivity index (χ0v) is 20.8. The van der Waals surface area contributed by atoms with Crippen LogP contribution in [0.2, 0.25) is 0 Å². The lowest BCUT2D eigenvalue weighted by Crippen LogP contribution is -2.46. The van der Waals surface area contributed by atoms with E-state index in [0.29, 0.717) is 18.2 Å². The molecule has 176 valence electrons. The van der Waals surface area contributed by atoms with Crippen molar-refractivity contribution < 1.29 is 19.8 Å². The normalized spacial score (nSPS) is 18.6. The maximum absolute atomic E-state index is 9.55. The zero-order chi connectivity index (χ0) is 24.0. The van der Waals surface area contributed by atoms with Gasteiger partial charge in [-0.2, -0.15) is 0 Å². The Balaban J connectivity index is 0.000000331. The Morgan fingerprint density at radius 3 is 2.24 bits per heavy atom. The summed E-state index contributed by atoms with van der Waals surface area (Å²) in [6, 6.07) is 14.5. The molecule has 2 N–H and O–H groups in total. The van der Waals surface area contributed by atoms with Crippen molar-refractivity contribution in [1.29, 1.82) is 0 Å². The monoisotopic (exact) mass is 486 g/mol. The first-order valence-electron chi connectivity index (χ1n) is 10.8. The molecule has 33 heavy (non-hydrogen) atoms. The van der Waals surface area contributed by atoms with Crippen molar-refractivity contribution in [3.05, 3.63) is 65.2 Å². The molecule has 2 aromatic carbocycles. The molecule has 0 radical (unpaired) electrons. The molecular weight excluding hydrogens is 456 g/mol. The van der Waals surface area contributed by atoms with Gasteiger partial charge >= 0.3 is 11.9 Å². The van der Waals surface area contributed by atoms with Gasteiger partial charge in [-0.05, 0) is 62.0 Å². The van der Waals surface area contributed by atoms with E-state index in [0.717, 1.165) is 19.5 Å². The Morgan fingerprint density at radius 2 is 1.64 bits per heavy atom. The SMILES string of the molecule is CSc1ccc2c(c1)C(N1CCN(C)CC1)Cc1cc(C)ccc1S2.O=C(O)/C=C\C(=O)O. The third-order valence-electron chi connectivity index (χ3n) is 5.77. The highest BCUT2D eigenvalue weighted by atomic mass is 32.2. The van der Waals surface area contributed by atoms with Gasteiger partial charge < -0.3 is 15.1 Å². The summed E-state index contributed by atoms with van der Waals surface area (Å²) in [7, 11) is 2.23. The first-order chi connectivity index (χ1) is 15.8. The molecule has 0 bridgehead atoms. The average molecular weight is 487 g/mol. The summed E-state index contributed by atoms with van der Waals surface area (Å²) in [5.74, 6) is -2.51. The van der Waals surface area contributed by atoms with Gasteiger partial charge in [-0.1, -0.05) is 29.5 Å². The number of benzene rings is 2. The Hall–Kier alpha value is -2.26. The van der Waals surface area contributed by atoms with Gasteiger partial charge in [0.05, 0.1) is 0 Å². The van der Waals surface area contributed by atoms with Crippen LogP contribution in [0.15, 0.2) is 63.2 Å². The smallest absolute Gasteiger partial charge is 0.328 e. The van der Waals surface area contributed by atoms with Gasteiger partial charge in [0.1, 0.15) is 0 Å². The van der Waals surface area contributed by atoms with E-state index in [1.165, 1.54) is 44.5 Å². The summed E-state index contributed by atoms with van der Waals surface area (Å²) in [5.41, 5.74) is 4.40. The van der Waals surface area contributed by atoms with E-state index >= 15 is 0 Å². The van der Waals surface area contributed by atoms with E-state index in [-0.39, 0.29) is 0 Å². The third-order valence-corrected chi connectivity index (χ3v) is 7.71. The van der Waals surface area contributed by atoms with Gasteiger partial charge in [-0.15, -0.1) is 11.8 Å². The van der Waals surface area contributed by atoms with Crippen LogP contribution in [-0.2, 0) is 16.0 Å². The minimum absolute atomic E-state index is 0.492. The quantitative estimate of drug-likeness (QED) is 0.485. The predicted octanol–water partition coefficient (Wildman–Crippen LogP) is 4.42. The van der Waals surface area contributed by atoms with Crippen molar-refractivity contribution in [1.82, 2.24) is 9.80 Å². The maximum atomic E-state index is 9.55. The number of aliphatic carboxylic acids is 2. The zero-order valence-electron chi connectivity index (χ0n) is 19.2. The second-order valence-electron chi connectivity index (χ2n) is 8.19. The van der Waals surface area contributed by atoms with Crippen LogP contribution < -0.4 is 0 Å². The number of carboxylic acids is 2. The van der Waals surface area contributed by atoms with Crippen molar-refractivity contribution in [3.63, 3.8) is 0 Å². The van der Waals surface area contributed by atoms with Gasteiger partial charge in [0, 0.05) is 59.1 Å². The summed E-state index contributed by atoms with van der Waals surface area (Å²) >= 11 is 3.80. The molecule has 2 aliphatic rings. The molecule has 0 amide bonds. The Labute approximate surface area is 203 Å². The topological polar surface area (TPSA) is 81.1 Å². The molecule has 6 nitrogen and oxygen atoms in total. The van der Waals surface area contributed by atoms with E-state index in [4.69, 9.17) is 10.2 Å². The molecule has 2 aromatic rings. The van der Waals surface area contributed by atoms with Crippen molar-refractivity contribution in [2.24, 2.45) is 0 Å². The van der Waals surface area contributed by atoms with Crippen LogP contribution in [0.25, 0.3) is 0 Å². The molecule has 1 atom stereocenters. The Bertz CT molecular complexity index is 1020. The number of fused-ring (bicyclic) bond motifs is 2. The molecule has 0 aromatic heterocycles. The number of aryl methyl sites for hydroxylation is 1. The number of hydrogen-bond acceptors (Lipinski definition) is 6. The molecule has 0 spiro atoms. The second kappa shape index (κ2) is 11.7. The number of thioether (sulfide) groups is 1. The van der Waals surface area contributed by atoms with Gasteiger partial charge in [-0.25, -0.2) is 9.59 Å². The summed E-state index contributed by atoms with van der Waals surface area (Å²) in [6.45, 7) is 6.87. The highest BCUT2D eigenvalue weighted by Crippen LogP contribution is 2.44. The molecule has 1 saturated heterocycles. The molecule has 0 aliphatic carbocycles. The fourth-order valence-corrected chi connectivity index (χ4v) is 5.56. The molecule has 4 rings (SSSR count). The Kier molecular flexibility index (Phi) is 9.02. The van der Waals surface area contributed by atoms with Crippen LogP contribution in [0.1, 0.15) is 22.7 Å². The highest BCUT2D eigenvalue weighted by molar-refractivity contribution is 7.99. The second-order valence-corrected chi connectivity index (χ2v) is 10.1. The van der Waals surface area contributed by atoms with Crippen molar-refractivity contribution in [2.45, 2.75) is 34.1 Å². The maximum Gasteiger partial charge on any atom is 0.328 e. The number of rotatable bonds is 4. The van der Waals surface area contributed by atoms with Gasteiger partial charge in [0.2, 0.25) is 0 Å². The molecule has 8 heteroatoms. The molecule has 2 heterocycles. The van der Waals surface area contributed by atoms with Crippen LogP contribution in [0.4, 0.5) is 0 Å². The van der Waals surface area contributed by atoms with Crippen molar-refractivity contribution in [2.75, 3.05) is 39.5 Å². The fourth-order valence-electron chi connectivity index (χ4n) is 4.01. The first kappa shape index (κ1) is 25.4. The minimum atomic E-state index is -1.26. The highest BCUT2D eigenvalue weighted by Gasteiger charge is 2.29. The number of likely N-dealkylation sites (N-methyl/N-ethyl adjacent to an activating group) is 1. The van der Waals surface area contributed by atoms with E-state index in [2.05, 4.69) is 66.4 Å². The fraction of sp³-hybridized carbons (Fsp3) is 0.360. The predicted molar refractivity (Wildman–Crippen MR) is 133 cm³/mol. The van der Waals surface area contributed by atoms with Crippen LogP contribution in [-0.4, -0.2) is 71.4 Å². The molecular formula is C25H30N2O4S2. The third kappa shape index (κ3) is 7.11. The van der Waals surface area contributed by atoms with E-state index in [1.807, 2.05) is 23.5 Å². The van der Waals surface area contributed by atoms with E-state index < -0.39 is 11.9 Å². The summed E-state index contributed by atoms with van der Waals surface area (Å²) < 4.78 is 0. The number of hydrogen-bond donors (Lipinski definition) is 2. The van der Waals surface area contributed by atoms with Crippen LogP contribution in [0, 0.1) is 6.92 Å². The van der Waals surface area contributed by atoms with Crippen molar-refractivity contribution >= 4 is 35.5 Å². The molecule has 0 saturated carbocycles. The first-order valence-corrected chi connectivity index (χ1v) is 12.8. The van der Waals surface area contributed by atoms with E-state index in [1.54, 1.807) is 0 Å². The molecule has 2 aliphatic heterocycles. The van der Waals surface area contributed by atoms with E-state index in [9.17, 15) is 9.59 Å². The molecule has 1 fully saturated rings. The summed E-state index contributed by atoms with van der Waals surface area (Å²) in [5, 5.41) is 15.6. The number of piperazine rings is 1. The summed E-state index contributed by atoms with van der Waals surface area (Å²) in [6.07, 6.45) is 4.41.